The molecule has 2 aromatic carbocycles. The zero-order valence-electron chi connectivity index (χ0n) is 18.3. The summed E-state index contributed by atoms with van der Waals surface area (Å²) >= 11 is 0. The van der Waals surface area contributed by atoms with Gasteiger partial charge in [-0.05, 0) is 54.4 Å². The average molecular weight is 437 g/mol. The Balaban J connectivity index is 1.45. The molecule has 0 bridgehead atoms. The molecule has 0 radical (unpaired) electrons. The maximum Gasteiger partial charge on any atom is 0.408 e. The molecule has 32 heavy (non-hydrogen) atoms. The van der Waals surface area contributed by atoms with Crippen molar-refractivity contribution in [2.75, 3.05) is 6.61 Å². The van der Waals surface area contributed by atoms with E-state index in [9.17, 15) is 19.5 Å². The Labute approximate surface area is 187 Å². The molecular weight excluding hydrogens is 408 g/mol. The van der Waals surface area contributed by atoms with Gasteiger partial charge in [0.15, 0.2) is 0 Å². The molecule has 1 saturated carbocycles. The largest absolute Gasteiger partial charge is 0.480 e. The summed E-state index contributed by atoms with van der Waals surface area (Å²) in [6, 6.07) is 15.1. The van der Waals surface area contributed by atoms with Gasteiger partial charge in [-0.2, -0.15) is 0 Å². The summed E-state index contributed by atoms with van der Waals surface area (Å²) in [5, 5.41) is 14.5. The van der Waals surface area contributed by atoms with Crippen molar-refractivity contribution in [2.45, 2.75) is 50.6 Å². The number of benzene rings is 2. The number of amides is 2. The van der Waals surface area contributed by atoms with E-state index in [0.717, 1.165) is 35.1 Å². The fraction of sp³-hybridized carbons (Fsp3) is 0.400. The first-order chi connectivity index (χ1) is 15.3. The monoisotopic (exact) mass is 436 g/mol. The smallest absolute Gasteiger partial charge is 0.408 e. The molecule has 0 aromatic heterocycles. The minimum atomic E-state index is -1.22. The van der Waals surface area contributed by atoms with Gasteiger partial charge in [0.2, 0.25) is 5.91 Å². The van der Waals surface area contributed by atoms with Crippen LogP contribution in [0, 0.1) is 5.92 Å². The van der Waals surface area contributed by atoms with Crippen molar-refractivity contribution in [3.8, 4) is 11.1 Å². The number of alkyl carbamates (subject to hydrolysis) is 1. The number of rotatable bonds is 8. The first-order valence-corrected chi connectivity index (χ1v) is 11.0. The molecular formula is C25H28N2O5. The van der Waals surface area contributed by atoms with Crippen LogP contribution in [0.1, 0.15) is 50.2 Å². The number of fused-ring (bicyclic) bond motifs is 3. The Hall–Kier alpha value is -3.35. The van der Waals surface area contributed by atoms with Crippen LogP contribution in [0.3, 0.4) is 0 Å². The number of ether oxygens (including phenoxy) is 1. The van der Waals surface area contributed by atoms with Crippen molar-refractivity contribution in [2.24, 2.45) is 5.92 Å². The summed E-state index contributed by atoms with van der Waals surface area (Å²) in [7, 11) is 0. The predicted molar refractivity (Wildman–Crippen MR) is 119 cm³/mol. The summed E-state index contributed by atoms with van der Waals surface area (Å²) in [6.07, 6.45) is 1.15. The lowest BCUT2D eigenvalue weighted by molar-refractivity contribution is -0.143. The maximum absolute atomic E-state index is 12.9. The molecule has 2 atom stereocenters. The SMILES string of the molecule is CC[C@H](NC(=O)C(C)(NC(=O)OCC1c2ccccc2-c2ccccc21)C1CC1)C(=O)O. The summed E-state index contributed by atoms with van der Waals surface area (Å²) in [6.45, 7) is 3.47. The van der Waals surface area contributed by atoms with Crippen molar-refractivity contribution in [1.82, 2.24) is 10.6 Å². The number of carboxylic acids is 1. The van der Waals surface area contributed by atoms with Crippen LogP contribution >= 0.6 is 0 Å². The molecule has 2 aliphatic carbocycles. The lowest BCUT2D eigenvalue weighted by atomic mass is 9.94. The molecule has 4 rings (SSSR count). The van der Waals surface area contributed by atoms with Gasteiger partial charge in [0.05, 0.1) is 0 Å². The van der Waals surface area contributed by atoms with E-state index in [1.165, 1.54) is 0 Å². The molecule has 0 saturated heterocycles. The molecule has 0 heterocycles. The van der Waals surface area contributed by atoms with Gasteiger partial charge < -0.3 is 20.5 Å². The van der Waals surface area contributed by atoms with Crippen LogP contribution in [-0.2, 0) is 14.3 Å². The second-order valence-electron chi connectivity index (χ2n) is 8.70. The topological polar surface area (TPSA) is 105 Å². The van der Waals surface area contributed by atoms with Crippen molar-refractivity contribution in [3.63, 3.8) is 0 Å². The Morgan fingerprint density at radius 1 is 1.06 bits per heavy atom. The number of carboxylic acid groups (broad SMARTS) is 1. The van der Waals surface area contributed by atoms with E-state index in [4.69, 9.17) is 4.74 Å². The first-order valence-electron chi connectivity index (χ1n) is 11.0. The summed E-state index contributed by atoms with van der Waals surface area (Å²) in [5.41, 5.74) is 3.27. The molecule has 2 amide bonds. The van der Waals surface area contributed by atoms with Gasteiger partial charge in [-0.15, -0.1) is 0 Å². The highest BCUT2D eigenvalue weighted by atomic mass is 16.5. The van der Waals surface area contributed by atoms with E-state index < -0.39 is 29.6 Å². The summed E-state index contributed by atoms with van der Waals surface area (Å²) in [5.74, 6) is -1.72. The molecule has 7 nitrogen and oxygen atoms in total. The number of hydrogen-bond donors (Lipinski definition) is 3. The summed E-state index contributed by atoms with van der Waals surface area (Å²) < 4.78 is 5.60. The molecule has 2 aromatic rings. The van der Waals surface area contributed by atoms with Crippen molar-refractivity contribution in [3.05, 3.63) is 59.7 Å². The van der Waals surface area contributed by atoms with E-state index in [1.54, 1.807) is 13.8 Å². The van der Waals surface area contributed by atoms with Crippen molar-refractivity contribution < 1.29 is 24.2 Å². The van der Waals surface area contributed by atoms with E-state index in [0.29, 0.717) is 0 Å². The van der Waals surface area contributed by atoms with Crippen molar-refractivity contribution >= 4 is 18.0 Å². The number of carbonyl (C=O) groups excluding carboxylic acids is 2. The highest BCUT2D eigenvalue weighted by molar-refractivity contribution is 5.93. The molecule has 0 aliphatic heterocycles. The molecule has 1 fully saturated rings. The summed E-state index contributed by atoms with van der Waals surface area (Å²) in [4.78, 5) is 37.0. The zero-order chi connectivity index (χ0) is 22.9. The molecule has 168 valence electrons. The fourth-order valence-corrected chi connectivity index (χ4v) is 4.50. The minimum Gasteiger partial charge on any atom is -0.480 e. The van der Waals surface area contributed by atoms with Gasteiger partial charge in [-0.1, -0.05) is 55.5 Å². The van der Waals surface area contributed by atoms with Gasteiger partial charge in [0, 0.05) is 5.92 Å². The van der Waals surface area contributed by atoms with E-state index >= 15 is 0 Å². The van der Waals surface area contributed by atoms with Crippen LogP contribution in [0.5, 0.6) is 0 Å². The molecule has 1 unspecified atom stereocenters. The Kier molecular flexibility index (Phi) is 5.91. The quantitative estimate of drug-likeness (QED) is 0.586. The van der Waals surface area contributed by atoms with E-state index in [2.05, 4.69) is 22.8 Å². The van der Waals surface area contributed by atoms with Crippen LogP contribution in [-0.4, -0.2) is 41.3 Å². The van der Waals surface area contributed by atoms with Crippen LogP contribution in [0.4, 0.5) is 4.79 Å². The lowest BCUT2D eigenvalue weighted by Crippen LogP contribution is -2.60. The number of carbonyl (C=O) groups is 3. The normalized spacial score (nSPS) is 17.4. The Morgan fingerprint density at radius 2 is 1.62 bits per heavy atom. The second kappa shape index (κ2) is 8.65. The highest BCUT2D eigenvalue weighted by Crippen LogP contribution is 2.44. The lowest BCUT2D eigenvalue weighted by Gasteiger charge is -2.30. The highest BCUT2D eigenvalue weighted by Gasteiger charge is 2.49. The van der Waals surface area contributed by atoms with E-state index in [-0.39, 0.29) is 24.9 Å². The van der Waals surface area contributed by atoms with Gasteiger partial charge in [-0.25, -0.2) is 9.59 Å². The molecule has 3 N–H and O–H groups in total. The van der Waals surface area contributed by atoms with E-state index in [1.807, 2.05) is 36.4 Å². The Bertz CT molecular complexity index is 1000. The van der Waals surface area contributed by atoms with Crippen LogP contribution < -0.4 is 10.6 Å². The average Bonchev–Trinajstić information content (AvgIpc) is 3.59. The molecule has 2 aliphatic rings. The third-order valence-electron chi connectivity index (χ3n) is 6.58. The second-order valence-corrected chi connectivity index (χ2v) is 8.70. The van der Waals surface area contributed by atoms with Gasteiger partial charge in [0.25, 0.3) is 0 Å². The zero-order valence-corrected chi connectivity index (χ0v) is 18.3. The molecule has 0 spiro atoms. The van der Waals surface area contributed by atoms with Crippen LogP contribution in [0.25, 0.3) is 11.1 Å². The predicted octanol–water partition coefficient (Wildman–Crippen LogP) is 3.67. The van der Waals surface area contributed by atoms with Crippen LogP contribution in [0.15, 0.2) is 48.5 Å². The van der Waals surface area contributed by atoms with Gasteiger partial charge in [-0.3, -0.25) is 4.79 Å². The third kappa shape index (κ3) is 4.07. The maximum atomic E-state index is 12.9. The van der Waals surface area contributed by atoms with Crippen LogP contribution in [0.2, 0.25) is 0 Å². The van der Waals surface area contributed by atoms with Crippen molar-refractivity contribution in [1.29, 1.82) is 0 Å². The molecule has 7 heteroatoms. The first kappa shape index (κ1) is 21.9. The fourth-order valence-electron chi connectivity index (χ4n) is 4.50. The standard InChI is InChI=1S/C25H28N2O5/c1-3-21(22(28)29)26-23(30)25(2,15-12-13-15)27-24(31)32-14-20-18-10-6-4-8-16(18)17-9-5-7-11-19(17)20/h4-11,15,20-21H,3,12-14H2,1-2H3,(H,26,30)(H,27,31)(H,28,29)/t21-,25?/m0/s1. The Morgan fingerprint density at radius 3 is 2.12 bits per heavy atom. The minimum absolute atomic E-state index is 0.0470. The third-order valence-corrected chi connectivity index (χ3v) is 6.58. The van der Waals surface area contributed by atoms with Gasteiger partial charge >= 0.3 is 12.1 Å². The van der Waals surface area contributed by atoms with Gasteiger partial charge in [0.1, 0.15) is 18.2 Å². The number of aliphatic carboxylic acids is 1. The number of hydrogen-bond acceptors (Lipinski definition) is 4. The number of nitrogens with one attached hydrogen (secondary N) is 2.